The maximum absolute atomic E-state index is 10.1. The number of aliphatic hydroxyl groups is 3. The van der Waals surface area contributed by atoms with Gasteiger partial charge in [-0.05, 0) is 11.5 Å². The van der Waals surface area contributed by atoms with E-state index in [9.17, 15) is 15.3 Å². The van der Waals surface area contributed by atoms with Gasteiger partial charge in [-0.15, -0.1) is 23.5 Å². The van der Waals surface area contributed by atoms with Gasteiger partial charge in [-0.3, -0.25) is 0 Å². The van der Waals surface area contributed by atoms with Crippen molar-refractivity contribution in [3.8, 4) is 0 Å². The largest absolute Gasteiger partial charge is 0.388 e. The molecule has 3 N–H and O–H groups in total. The minimum absolute atomic E-state index is 0.0139. The molecule has 0 aromatic carbocycles. The molecule has 0 aromatic heterocycles. The Labute approximate surface area is 105 Å². The van der Waals surface area contributed by atoms with Crippen molar-refractivity contribution >= 4 is 23.5 Å². The van der Waals surface area contributed by atoms with Gasteiger partial charge in [0.25, 0.3) is 0 Å². The lowest BCUT2D eigenvalue weighted by atomic mass is 10.1. The van der Waals surface area contributed by atoms with Crippen LogP contribution in [0.5, 0.6) is 0 Å². The zero-order valence-corrected chi connectivity index (χ0v) is 11.2. The third-order valence-corrected chi connectivity index (χ3v) is 5.17. The number of ether oxygens (including phenoxy) is 1. The van der Waals surface area contributed by atoms with Gasteiger partial charge in [0.05, 0.1) is 11.2 Å². The molecule has 0 aliphatic carbocycles. The third-order valence-electron chi connectivity index (χ3n) is 2.47. The lowest BCUT2D eigenvalue weighted by molar-refractivity contribution is -0.0438. The summed E-state index contributed by atoms with van der Waals surface area (Å²) in [5.41, 5.74) is 0. The molecule has 0 saturated carbocycles. The van der Waals surface area contributed by atoms with Crippen LogP contribution in [0.1, 0.15) is 13.8 Å². The van der Waals surface area contributed by atoms with E-state index in [-0.39, 0.29) is 11.2 Å². The van der Waals surface area contributed by atoms with E-state index >= 15 is 0 Å². The van der Waals surface area contributed by atoms with Gasteiger partial charge in [-0.2, -0.15) is 0 Å². The Morgan fingerprint density at radius 2 is 1.81 bits per heavy atom. The number of hydrogen-bond donors (Lipinski definition) is 3. The highest BCUT2D eigenvalue weighted by Gasteiger charge is 2.42. The van der Waals surface area contributed by atoms with Crippen LogP contribution in [0.15, 0.2) is 0 Å². The summed E-state index contributed by atoms with van der Waals surface area (Å²) in [4.78, 5) is 0. The quantitative estimate of drug-likeness (QED) is 0.602. The van der Waals surface area contributed by atoms with Crippen molar-refractivity contribution in [2.75, 3.05) is 18.1 Å². The number of thioether (sulfide) groups is 2. The molecule has 0 amide bonds. The Kier molecular flexibility index (Phi) is 6.46. The van der Waals surface area contributed by atoms with Crippen LogP contribution < -0.4 is 0 Å². The van der Waals surface area contributed by atoms with Gasteiger partial charge in [0.15, 0.2) is 0 Å². The molecule has 1 heterocycles. The first-order valence-corrected chi connectivity index (χ1v) is 7.60. The molecule has 0 bridgehead atoms. The molecule has 1 saturated heterocycles. The summed E-state index contributed by atoms with van der Waals surface area (Å²) in [6.45, 7) is 4.16. The van der Waals surface area contributed by atoms with Gasteiger partial charge < -0.3 is 20.1 Å². The van der Waals surface area contributed by atoms with Crippen molar-refractivity contribution in [1.29, 1.82) is 0 Å². The Hall–Kier alpha value is 0.540. The molecule has 0 aromatic rings. The van der Waals surface area contributed by atoms with Crippen molar-refractivity contribution in [2.45, 2.75) is 42.8 Å². The molecular weight excluding hydrogens is 248 g/mol. The molecule has 0 radical (unpaired) electrons. The van der Waals surface area contributed by atoms with Crippen LogP contribution in [0.4, 0.5) is 0 Å². The second kappa shape index (κ2) is 7.08. The highest BCUT2D eigenvalue weighted by Crippen LogP contribution is 2.31. The minimum atomic E-state index is -0.979. The maximum Gasteiger partial charge on any atom is 0.114 e. The number of rotatable bonds is 6. The Morgan fingerprint density at radius 1 is 1.25 bits per heavy atom. The second-order valence-corrected chi connectivity index (χ2v) is 6.76. The predicted molar refractivity (Wildman–Crippen MR) is 67.8 cm³/mol. The topological polar surface area (TPSA) is 69.9 Å². The lowest BCUT2D eigenvalue weighted by Gasteiger charge is -2.27. The highest BCUT2D eigenvalue weighted by atomic mass is 32.2. The van der Waals surface area contributed by atoms with E-state index in [0.717, 1.165) is 11.5 Å². The van der Waals surface area contributed by atoms with Crippen LogP contribution in [0.25, 0.3) is 0 Å². The van der Waals surface area contributed by atoms with Crippen LogP contribution in [0, 0.1) is 0 Å². The standard InChI is InChI=1S/C10H20O4S2/c1-3-15-10(16-4-2)8(13)9-7(12)6(11)5-14-9/h6-13H,3-5H2,1-2H3/t6-,7+,8-,9+/m1/s1. The van der Waals surface area contributed by atoms with E-state index in [1.165, 1.54) is 0 Å². The number of aliphatic hydroxyl groups excluding tert-OH is 3. The van der Waals surface area contributed by atoms with Crippen LogP contribution in [0.2, 0.25) is 0 Å². The second-order valence-electron chi connectivity index (χ2n) is 3.63. The smallest absolute Gasteiger partial charge is 0.114 e. The van der Waals surface area contributed by atoms with Gasteiger partial charge in [-0.1, -0.05) is 13.8 Å². The fraction of sp³-hybridized carbons (Fsp3) is 1.00. The van der Waals surface area contributed by atoms with Gasteiger partial charge in [0, 0.05) is 0 Å². The van der Waals surface area contributed by atoms with Crippen molar-refractivity contribution in [2.24, 2.45) is 0 Å². The first-order valence-electron chi connectivity index (χ1n) is 5.50. The summed E-state index contributed by atoms with van der Waals surface area (Å²) >= 11 is 3.28. The molecule has 16 heavy (non-hydrogen) atoms. The van der Waals surface area contributed by atoms with Crippen LogP contribution in [0.3, 0.4) is 0 Å². The fourth-order valence-electron chi connectivity index (χ4n) is 1.66. The average Bonchev–Trinajstić information content (AvgIpc) is 2.59. The first-order chi connectivity index (χ1) is 7.61. The summed E-state index contributed by atoms with van der Waals surface area (Å²) in [6.07, 6.45) is -3.27. The molecular formula is C10H20O4S2. The minimum Gasteiger partial charge on any atom is -0.388 e. The van der Waals surface area contributed by atoms with Crippen molar-refractivity contribution < 1.29 is 20.1 Å². The van der Waals surface area contributed by atoms with Crippen LogP contribution >= 0.6 is 23.5 Å². The van der Waals surface area contributed by atoms with E-state index in [0.29, 0.717) is 0 Å². The van der Waals surface area contributed by atoms with Gasteiger partial charge in [-0.25, -0.2) is 0 Å². The van der Waals surface area contributed by atoms with Gasteiger partial charge >= 0.3 is 0 Å². The van der Waals surface area contributed by atoms with E-state index in [1.54, 1.807) is 23.5 Å². The average molecular weight is 268 g/mol. The summed E-state index contributed by atoms with van der Waals surface area (Å²) in [6, 6.07) is 0. The molecule has 0 unspecified atom stereocenters. The van der Waals surface area contributed by atoms with Crippen molar-refractivity contribution in [3.63, 3.8) is 0 Å². The summed E-state index contributed by atoms with van der Waals surface area (Å²) in [5, 5.41) is 29.1. The highest BCUT2D eigenvalue weighted by molar-refractivity contribution is 8.17. The van der Waals surface area contributed by atoms with Crippen LogP contribution in [-0.4, -0.2) is 62.4 Å². The molecule has 1 fully saturated rings. The van der Waals surface area contributed by atoms with E-state index in [4.69, 9.17) is 4.74 Å². The molecule has 96 valence electrons. The molecule has 4 atom stereocenters. The number of hydrogen-bond acceptors (Lipinski definition) is 6. The SMILES string of the molecule is CCSC(SCC)[C@H](O)[C@H]1OC[C@@H](O)[C@@H]1O. The lowest BCUT2D eigenvalue weighted by Crippen LogP contribution is -2.43. The Balaban J connectivity index is 2.55. The zero-order valence-electron chi connectivity index (χ0n) is 9.57. The molecule has 4 nitrogen and oxygen atoms in total. The first kappa shape index (κ1) is 14.6. The van der Waals surface area contributed by atoms with Crippen molar-refractivity contribution in [3.05, 3.63) is 0 Å². The summed E-state index contributed by atoms with van der Waals surface area (Å²) in [5.74, 6) is 1.81. The Morgan fingerprint density at radius 3 is 2.19 bits per heavy atom. The van der Waals surface area contributed by atoms with Crippen molar-refractivity contribution in [1.82, 2.24) is 0 Å². The van der Waals surface area contributed by atoms with E-state index in [1.807, 2.05) is 13.8 Å². The molecule has 6 heteroatoms. The molecule has 1 rings (SSSR count). The normalized spacial score (nSPS) is 32.2. The van der Waals surface area contributed by atoms with Crippen LogP contribution in [-0.2, 0) is 4.74 Å². The summed E-state index contributed by atoms with van der Waals surface area (Å²) < 4.78 is 5.22. The Bertz CT molecular complexity index is 199. The third kappa shape index (κ3) is 3.51. The maximum atomic E-state index is 10.1. The molecule has 1 aliphatic heterocycles. The predicted octanol–water partition coefficient (Wildman–Crippen LogP) is 0.300. The monoisotopic (exact) mass is 268 g/mol. The van der Waals surface area contributed by atoms with Gasteiger partial charge in [0.2, 0.25) is 0 Å². The van der Waals surface area contributed by atoms with E-state index < -0.39 is 24.4 Å². The van der Waals surface area contributed by atoms with Gasteiger partial charge in [0.1, 0.15) is 24.4 Å². The van der Waals surface area contributed by atoms with E-state index in [2.05, 4.69) is 0 Å². The summed E-state index contributed by atoms with van der Waals surface area (Å²) in [7, 11) is 0. The molecule has 0 spiro atoms. The zero-order chi connectivity index (χ0) is 12.1. The fourth-order valence-corrected chi connectivity index (χ4v) is 4.22. The molecule has 1 aliphatic rings.